The Morgan fingerprint density at radius 2 is 1.72 bits per heavy atom. The van der Waals surface area contributed by atoms with Gasteiger partial charge in [-0.25, -0.2) is 17.2 Å². The van der Waals surface area contributed by atoms with Gasteiger partial charge in [-0.3, -0.25) is 19.4 Å². The molecule has 7 nitrogen and oxygen atoms in total. The summed E-state index contributed by atoms with van der Waals surface area (Å²) in [7, 11) is -3.91. The maximum absolute atomic E-state index is 14.3. The maximum Gasteiger partial charge on any atom is 0.264 e. The van der Waals surface area contributed by atoms with E-state index in [2.05, 4.69) is 9.71 Å². The monoisotopic (exact) mass is 550 g/mol. The largest absolute Gasteiger partial charge is 0.333 e. The highest BCUT2D eigenvalue weighted by atomic mass is 32.2. The molecule has 202 valence electrons. The third kappa shape index (κ3) is 5.62. The molecule has 1 aliphatic heterocycles. The van der Waals surface area contributed by atoms with Gasteiger partial charge in [0.2, 0.25) is 0 Å². The van der Waals surface area contributed by atoms with Crippen molar-refractivity contribution >= 4 is 32.5 Å². The van der Waals surface area contributed by atoms with Crippen molar-refractivity contribution in [2.45, 2.75) is 31.3 Å². The molecule has 1 N–H and O–H groups in total. The summed E-state index contributed by atoms with van der Waals surface area (Å²) in [5, 5.41) is 0.713. The van der Waals surface area contributed by atoms with E-state index in [1.54, 1.807) is 66.6 Å². The molecule has 0 radical (unpaired) electrons. The van der Waals surface area contributed by atoms with Crippen molar-refractivity contribution in [1.29, 1.82) is 0 Å². The Labute approximate surface area is 226 Å². The van der Waals surface area contributed by atoms with Crippen LogP contribution in [0.1, 0.15) is 28.4 Å². The first-order valence-corrected chi connectivity index (χ1v) is 14.0. The summed E-state index contributed by atoms with van der Waals surface area (Å²) < 4.78 is 57.3. The molecule has 1 fully saturated rings. The van der Waals surface area contributed by atoms with Gasteiger partial charge in [-0.2, -0.15) is 0 Å². The number of aryl methyl sites for hydroxylation is 1. The van der Waals surface area contributed by atoms with Gasteiger partial charge in [0.05, 0.1) is 5.52 Å². The molecule has 0 aliphatic carbocycles. The molecule has 3 aromatic carbocycles. The second-order valence-electron chi connectivity index (χ2n) is 9.80. The highest BCUT2D eigenvalue weighted by Crippen LogP contribution is 2.25. The molecule has 1 saturated heterocycles. The second kappa shape index (κ2) is 10.7. The van der Waals surface area contributed by atoms with Crippen molar-refractivity contribution in [3.8, 4) is 0 Å². The number of amides is 1. The third-order valence-corrected chi connectivity index (χ3v) is 8.32. The first-order valence-electron chi connectivity index (χ1n) is 12.6. The lowest BCUT2D eigenvalue weighted by atomic mass is 10.1. The molecule has 1 atom stereocenters. The van der Waals surface area contributed by atoms with E-state index in [1.807, 2.05) is 11.8 Å². The Morgan fingerprint density at radius 3 is 2.41 bits per heavy atom. The van der Waals surface area contributed by atoms with Crippen LogP contribution in [0.15, 0.2) is 77.8 Å². The first kappa shape index (κ1) is 26.7. The number of carbonyl (C=O) groups excluding carboxylic acids is 1. The van der Waals surface area contributed by atoms with Crippen molar-refractivity contribution in [3.63, 3.8) is 0 Å². The number of nitrogens with zero attached hydrogens (tertiary/aromatic N) is 3. The molecule has 1 amide bonds. The van der Waals surface area contributed by atoms with E-state index in [-0.39, 0.29) is 29.0 Å². The highest BCUT2D eigenvalue weighted by Gasteiger charge is 2.29. The molecular formula is C29H28F2N4O3S. The molecule has 0 bridgehead atoms. The van der Waals surface area contributed by atoms with Crippen molar-refractivity contribution in [2.75, 3.05) is 24.4 Å². The fourth-order valence-electron chi connectivity index (χ4n) is 4.93. The number of anilines is 1. The van der Waals surface area contributed by atoms with Gasteiger partial charge in [-0.1, -0.05) is 18.2 Å². The van der Waals surface area contributed by atoms with E-state index in [4.69, 9.17) is 0 Å². The molecule has 0 unspecified atom stereocenters. The minimum absolute atomic E-state index is 0.0323. The average molecular weight is 551 g/mol. The van der Waals surface area contributed by atoms with Crippen LogP contribution in [0.25, 0.3) is 10.9 Å². The van der Waals surface area contributed by atoms with Crippen LogP contribution >= 0.6 is 0 Å². The number of rotatable bonds is 6. The summed E-state index contributed by atoms with van der Waals surface area (Å²) in [5.41, 5.74) is 1.67. The third-order valence-electron chi connectivity index (χ3n) is 6.91. The van der Waals surface area contributed by atoms with E-state index in [0.29, 0.717) is 47.4 Å². The fraction of sp³-hybridized carbons (Fsp3) is 0.241. The Hall–Kier alpha value is -3.89. The van der Waals surface area contributed by atoms with Crippen LogP contribution in [0.3, 0.4) is 0 Å². The predicted molar refractivity (Wildman–Crippen MR) is 146 cm³/mol. The molecule has 1 aromatic heterocycles. The fourth-order valence-corrected chi connectivity index (χ4v) is 6.17. The van der Waals surface area contributed by atoms with E-state index >= 15 is 0 Å². The summed E-state index contributed by atoms with van der Waals surface area (Å²) in [5.74, 6) is -1.32. The van der Waals surface area contributed by atoms with Crippen LogP contribution in [0.4, 0.5) is 14.5 Å². The number of benzene rings is 3. The topological polar surface area (TPSA) is 82.6 Å². The Morgan fingerprint density at radius 1 is 1.03 bits per heavy atom. The normalized spacial score (nSPS) is 16.4. The van der Waals surface area contributed by atoms with Crippen LogP contribution in [-0.2, 0) is 16.6 Å². The van der Waals surface area contributed by atoms with Gasteiger partial charge in [0.15, 0.2) is 0 Å². The van der Waals surface area contributed by atoms with Gasteiger partial charge in [-0.15, -0.1) is 0 Å². The lowest BCUT2D eigenvalue weighted by molar-refractivity contribution is 0.0471. The second-order valence-corrected chi connectivity index (χ2v) is 11.5. The van der Waals surface area contributed by atoms with Crippen molar-refractivity contribution < 1.29 is 22.0 Å². The Balaban J connectivity index is 1.24. The zero-order chi connectivity index (χ0) is 27.7. The van der Waals surface area contributed by atoms with Gasteiger partial charge in [0.25, 0.3) is 15.9 Å². The van der Waals surface area contributed by atoms with Crippen molar-refractivity contribution in [2.24, 2.45) is 0 Å². The van der Waals surface area contributed by atoms with E-state index in [1.165, 1.54) is 18.2 Å². The van der Waals surface area contributed by atoms with Gasteiger partial charge < -0.3 is 4.90 Å². The zero-order valence-electron chi connectivity index (χ0n) is 21.6. The molecule has 4 aromatic rings. The summed E-state index contributed by atoms with van der Waals surface area (Å²) >= 11 is 0. The summed E-state index contributed by atoms with van der Waals surface area (Å²) in [6, 6.07) is 17.2. The standard InChI is InChI=1S/C29H28F2N4O3S/c1-19-15-25(30)24(26(31)16-19)18-34-13-14-35(20(2)17-34)29(36)22-8-10-23(11-9-22)33-39(37,38)27-7-3-5-21-6-4-12-32-28(21)27/h3-12,15-16,20,33H,13-14,17-18H2,1-2H3/t20-/m0/s1. The molecule has 2 heterocycles. The number of sulfonamides is 1. The van der Waals surface area contributed by atoms with Gasteiger partial charge in [0.1, 0.15) is 16.5 Å². The lowest BCUT2D eigenvalue weighted by Gasteiger charge is -2.40. The number of carbonyl (C=O) groups is 1. The first-order chi connectivity index (χ1) is 18.6. The van der Waals surface area contributed by atoms with Gasteiger partial charge >= 0.3 is 0 Å². The summed E-state index contributed by atoms with van der Waals surface area (Å²) in [6.45, 7) is 5.01. The summed E-state index contributed by atoms with van der Waals surface area (Å²) in [4.78, 5) is 21.2. The smallest absolute Gasteiger partial charge is 0.264 e. The SMILES string of the molecule is Cc1cc(F)c(CN2CCN(C(=O)c3ccc(NS(=O)(=O)c4cccc5cccnc45)cc3)[C@@H](C)C2)c(F)c1. The van der Waals surface area contributed by atoms with E-state index < -0.39 is 21.7 Å². The number of hydrogen-bond acceptors (Lipinski definition) is 5. The zero-order valence-corrected chi connectivity index (χ0v) is 22.4. The molecule has 5 rings (SSSR count). The Kier molecular flexibility index (Phi) is 7.33. The van der Waals surface area contributed by atoms with Gasteiger partial charge in [-0.05, 0) is 67.9 Å². The Bertz CT molecular complexity index is 1620. The lowest BCUT2D eigenvalue weighted by Crippen LogP contribution is -2.53. The molecule has 1 aliphatic rings. The number of piperazine rings is 1. The van der Waals surface area contributed by atoms with Crippen LogP contribution in [0.5, 0.6) is 0 Å². The molecule has 0 spiro atoms. The maximum atomic E-state index is 14.3. The van der Waals surface area contributed by atoms with Gasteiger partial charge in [0, 0.05) is 60.6 Å². The molecule has 10 heteroatoms. The number of nitrogens with one attached hydrogen (secondary N) is 1. The molecule has 0 saturated carbocycles. The highest BCUT2D eigenvalue weighted by molar-refractivity contribution is 7.93. The van der Waals surface area contributed by atoms with Crippen LogP contribution in [-0.4, -0.2) is 54.8 Å². The number of para-hydroxylation sites is 1. The summed E-state index contributed by atoms with van der Waals surface area (Å²) in [6.07, 6.45) is 1.54. The average Bonchev–Trinajstić information content (AvgIpc) is 2.90. The molecule has 39 heavy (non-hydrogen) atoms. The molecular weight excluding hydrogens is 522 g/mol. The van der Waals surface area contributed by atoms with Crippen LogP contribution < -0.4 is 4.72 Å². The number of hydrogen-bond donors (Lipinski definition) is 1. The number of fused-ring (bicyclic) bond motifs is 1. The number of halogens is 2. The quantitative estimate of drug-likeness (QED) is 0.367. The number of aromatic nitrogens is 1. The van der Waals surface area contributed by atoms with E-state index in [9.17, 15) is 22.0 Å². The van der Waals surface area contributed by atoms with Crippen LogP contribution in [0.2, 0.25) is 0 Å². The van der Waals surface area contributed by atoms with Crippen LogP contribution in [0, 0.1) is 18.6 Å². The number of pyridine rings is 1. The minimum atomic E-state index is -3.91. The minimum Gasteiger partial charge on any atom is -0.333 e. The van der Waals surface area contributed by atoms with E-state index in [0.717, 1.165) is 0 Å². The van der Waals surface area contributed by atoms with Crippen molar-refractivity contribution in [1.82, 2.24) is 14.8 Å². The predicted octanol–water partition coefficient (Wildman–Crippen LogP) is 4.97. The van der Waals surface area contributed by atoms with Crippen molar-refractivity contribution in [3.05, 3.63) is 101 Å².